The molecule has 10 heteroatoms. The van der Waals surface area contributed by atoms with Crippen LogP contribution in [0.3, 0.4) is 0 Å². The Kier molecular flexibility index (Phi) is 10.7. The zero-order valence-corrected chi connectivity index (χ0v) is 23.5. The molecule has 206 valence electrons. The minimum Gasteiger partial charge on any atom is -0.493 e. The summed E-state index contributed by atoms with van der Waals surface area (Å²) in [6, 6.07) is 16.1. The van der Waals surface area contributed by atoms with Gasteiger partial charge in [0.15, 0.2) is 23.0 Å². The molecule has 0 saturated heterocycles. The molecule has 0 aliphatic rings. The molecule has 0 saturated carbocycles. The molecule has 8 nitrogen and oxygen atoms in total. The number of ketones is 1. The normalized spacial score (nSPS) is 12.4. The molecule has 0 fully saturated rings. The van der Waals surface area contributed by atoms with E-state index in [1.165, 1.54) is 26.3 Å². The number of halogens is 2. The highest BCUT2D eigenvalue weighted by molar-refractivity contribution is 6.31. The van der Waals surface area contributed by atoms with Crippen LogP contribution in [0.15, 0.2) is 60.8 Å². The molecule has 0 amide bonds. The van der Waals surface area contributed by atoms with E-state index in [2.05, 4.69) is 4.98 Å². The largest absolute Gasteiger partial charge is 0.493 e. The van der Waals surface area contributed by atoms with Crippen LogP contribution >= 0.6 is 23.2 Å². The van der Waals surface area contributed by atoms with Crippen molar-refractivity contribution < 1.29 is 33.3 Å². The number of rotatable bonds is 12. The fourth-order valence-electron chi connectivity index (χ4n) is 4.06. The average Bonchev–Trinajstić information content (AvgIpc) is 2.88. The molecule has 0 aliphatic carbocycles. The predicted molar refractivity (Wildman–Crippen MR) is 146 cm³/mol. The summed E-state index contributed by atoms with van der Waals surface area (Å²) in [6.45, 7) is 4.18. The second-order valence-corrected chi connectivity index (χ2v) is 9.72. The molecule has 0 spiro atoms. The standard InChI is InChI=1S/C29H29Cl2NO7/c1-17(13-24(34)27-28(38-16-37-19(3)33)25(36-4)11-12-32-27)29(35)39-18(2)26(20-7-5-9-22(30)14-20)21-8-6-10-23(31)15-21/h5-12,14-15,17-18,26H,13,16H2,1-4H3/t17-,18+/m1/s1. The zero-order chi connectivity index (χ0) is 28.5. The second kappa shape index (κ2) is 14.0. The predicted octanol–water partition coefficient (Wildman–Crippen LogP) is 6.27. The van der Waals surface area contributed by atoms with Gasteiger partial charge in [-0.1, -0.05) is 54.4 Å². The van der Waals surface area contributed by atoms with Gasteiger partial charge in [0.2, 0.25) is 6.79 Å². The zero-order valence-electron chi connectivity index (χ0n) is 22.0. The Balaban J connectivity index is 1.77. The van der Waals surface area contributed by atoms with E-state index < -0.39 is 36.5 Å². The van der Waals surface area contributed by atoms with Gasteiger partial charge in [-0.2, -0.15) is 0 Å². The van der Waals surface area contributed by atoms with Crippen molar-refractivity contribution in [1.29, 1.82) is 0 Å². The summed E-state index contributed by atoms with van der Waals surface area (Å²) < 4.78 is 21.4. The number of carbonyl (C=O) groups is 3. The Morgan fingerprint density at radius 1 is 0.949 bits per heavy atom. The third-order valence-corrected chi connectivity index (χ3v) is 6.37. The van der Waals surface area contributed by atoms with Crippen LogP contribution in [0.4, 0.5) is 0 Å². The number of hydrogen-bond donors (Lipinski definition) is 0. The van der Waals surface area contributed by atoms with Gasteiger partial charge in [-0.15, -0.1) is 0 Å². The third kappa shape index (κ3) is 8.18. The molecule has 0 bridgehead atoms. The molecule has 2 aromatic carbocycles. The highest BCUT2D eigenvalue weighted by Crippen LogP contribution is 2.34. The van der Waals surface area contributed by atoms with E-state index in [9.17, 15) is 14.4 Å². The number of methoxy groups -OCH3 is 1. The first-order chi connectivity index (χ1) is 18.6. The lowest BCUT2D eigenvalue weighted by Crippen LogP contribution is -2.28. The van der Waals surface area contributed by atoms with Crippen LogP contribution < -0.4 is 9.47 Å². The summed E-state index contributed by atoms with van der Waals surface area (Å²) in [6.07, 6.45) is 0.579. The number of Topliss-reactive ketones (excluding diaryl/α,β-unsaturated/α-hetero) is 1. The van der Waals surface area contributed by atoms with Gasteiger partial charge in [-0.25, -0.2) is 4.98 Å². The highest BCUT2D eigenvalue weighted by atomic mass is 35.5. The van der Waals surface area contributed by atoms with Crippen LogP contribution in [0.5, 0.6) is 11.5 Å². The molecule has 2 atom stereocenters. The lowest BCUT2D eigenvalue weighted by Gasteiger charge is -2.26. The molecule has 1 aromatic heterocycles. The Bertz CT molecular complexity index is 1280. The van der Waals surface area contributed by atoms with Crippen molar-refractivity contribution in [3.63, 3.8) is 0 Å². The Hall–Kier alpha value is -3.62. The minimum absolute atomic E-state index is 0.0159. The lowest BCUT2D eigenvalue weighted by atomic mass is 9.87. The first-order valence-corrected chi connectivity index (χ1v) is 12.9. The first-order valence-electron chi connectivity index (χ1n) is 12.1. The first kappa shape index (κ1) is 29.9. The van der Waals surface area contributed by atoms with Crippen molar-refractivity contribution in [2.24, 2.45) is 5.92 Å². The summed E-state index contributed by atoms with van der Waals surface area (Å²) >= 11 is 12.5. The van der Waals surface area contributed by atoms with Crippen LogP contribution in [-0.2, 0) is 19.1 Å². The smallest absolute Gasteiger partial charge is 0.309 e. The Morgan fingerprint density at radius 2 is 1.56 bits per heavy atom. The monoisotopic (exact) mass is 573 g/mol. The SMILES string of the molecule is COc1ccnc(C(=O)C[C@@H](C)C(=O)O[C@@H](C)C(c2cccc(Cl)c2)c2cccc(Cl)c2)c1OCOC(C)=O. The van der Waals surface area contributed by atoms with Gasteiger partial charge in [0.1, 0.15) is 6.10 Å². The molecule has 3 rings (SSSR count). The van der Waals surface area contributed by atoms with Gasteiger partial charge < -0.3 is 18.9 Å². The summed E-state index contributed by atoms with van der Waals surface area (Å²) in [5.41, 5.74) is 1.65. The molecule has 0 unspecified atom stereocenters. The van der Waals surface area contributed by atoms with E-state index in [1.807, 2.05) is 36.4 Å². The molecule has 39 heavy (non-hydrogen) atoms. The van der Waals surface area contributed by atoms with Crippen molar-refractivity contribution in [1.82, 2.24) is 4.98 Å². The molecule has 1 heterocycles. The van der Waals surface area contributed by atoms with Gasteiger partial charge in [-0.3, -0.25) is 14.4 Å². The maximum absolute atomic E-state index is 13.1. The van der Waals surface area contributed by atoms with Gasteiger partial charge in [0.05, 0.1) is 13.0 Å². The number of pyridine rings is 1. The topological polar surface area (TPSA) is 101 Å². The van der Waals surface area contributed by atoms with E-state index >= 15 is 0 Å². The second-order valence-electron chi connectivity index (χ2n) is 8.85. The van der Waals surface area contributed by atoms with E-state index in [0.717, 1.165) is 11.1 Å². The summed E-state index contributed by atoms with van der Waals surface area (Å²) in [4.78, 5) is 41.5. The Labute approximate surface area is 237 Å². The fourth-order valence-corrected chi connectivity index (χ4v) is 4.46. The number of nitrogens with zero attached hydrogens (tertiary/aromatic N) is 1. The van der Waals surface area contributed by atoms with Crippen molar-refractivity contribution in [3.8, 4) is 11.5 Å². The Morgan fingerprint density at radius 3 is 2.10 bits per heavy atom. The van der Waals surface area contributed by atoms with Gasteiger partial charge in [-0.05, 0) is 42.3 Å². The fraction of sp³-hybridized carbons (Fsp3) is 0.310. The number of esters is 2. The lowest BCUT2D eigenvalue weighted by molar-refractivity contribution is -0.153. The van der Waals surface area contributed by atoms with Crippen LogP contribution in [0.1, 0.15) is 54.7 Å². The minimum atomic E-state index is -0.798. The van der Waals surface area contributed by atoms with E-state index in [-0.39, 0.29) is 29.5 Å². The molecule has 0 N–H and O–H groups in total. The van der Waals surface area contributed by atoms with Crippen molar-refractivity contribution in [2.45, 2.75) is 39.2 Å². The number of ether oxygens (including phenoxy) is 4. The number of aromatic nitrogens is 1. The van der Waals surface area contributed by atoms with Crippen molar-refractivity contribution >= 4 is 40.9 Å². The van der Waals surface area contributed by atoms with Gasteiger partial charge in [0, 0.05) is 41.6 Å². The van der Waals surface area contributed by atoms with Crippen molar-refractivity contribution in [3.05, 3.63) is 87.7 Å². The maximum atomic E-state index is 13.1. The van der Waals surface area contributed by atoms with E-state index in [4.69, 9.17) is 42.1 Å². The summed E-state index contributed by atoms with van der Waals surface area (Å²) in [5, 5.41) is 1.10. The quantitative estimate of drug-likeness (QED) is 0.142. The molecule has 0 aliphatic heterocycles. The van der Waals surface area contributed by atoms with Crippen LogP contribution in [0.2, 0.25) is 10.0 Å². The van der Waals surface area contributed by atoms with Crippen LogP contribution in [0.25, 0.3) is 0 Å². The average molecular weight is 574 g/mol. The molecular formula is C29H29Cl2NO7. The molecule has 3 aromatic rings. The van der Waals surface area contributed by atoms with Crippen molar-refractivity contribution in [2.75, 3.05) is 13.9 Å². The van der Waals surface area contributed by atoms with Gasteiger partial charge in [0.25, 0.3) is 0 Å². The highest BCUT2D eigenvalue weighted by Gasteiger charge is 2.29. The van der Waals surface area contributed by atoms with Crippen LogP contribution in [0, 0.1) is 5.92 Å². The summed E-state index contributed by atoms with van der Waals surface area (Å²) in [5.74, 6) is -2.48. The third-order valence-electron chi connectivity index (χ3n) is 5.90. The maximum Gasteiger partial charge on any atom is 0.309 e. The number of hydrogen-bond acceptors (Lipinski definition) is 8. The van der Waals surface area contributed by atoms with Crippen LogP contribution in [-0.4, -0.2) is 42.7 Å². The number of carbonyl (C=O) groups excluding carboxylic acids is 3. The molecular weight excluding hydrogens is 545 g/mol. The van der Waals surface area contributed by atoms with Gasteiger partial charge >= 0.3 is 11.9 Å². The van der Waals surface area contributed by atoms with E-state index in [0.29, 0.717) is 10.0 Å². The summed E-state index contributed by atoms with van der Waals surface area (Å²) in [7, 11) is 1.40. The number of benzene rings is 2. The molecule has 0 radical (unpaired) electrons. The van der Waals surface area contributed by atoms with E-state index in [1.54, 1.807) is 26.0 Å².